The third kappa shape index (κ3) is 2.45. The van der Waals surface area contributed by atoms with E-state index in [0.717, 1.165) is 16.1 Å². The Morgan fingerprint density at radius 2 is 2.53 bits per heavy atom. The summed E-state index contributed by atoms with van der Waals surface area (Å²) in [5.74, 6) is 0. The van der Waals surface area contributed by atoms with E-state index in [1.165, 1.54) is 0 Å². The van der Waals surface area contributed by atoms with Crippen LogP contribution in [0.2, 0.25) is 0 Å². The smallest absolute Gasteiger partial charge is 0.128 e. The Labute approximate surface area is 101 Å². The first kappa shape index (κ1) is 11.2. The molecule has 0 bridgehead atoms. The van der Waals surface area contributed by atoms with Gasteiger partial charge in [0.2, 0.25) is 0 Å². The van der Waals surface area contributed by atoms with Gasteiger partial charge in [-0.2, -0.15) is 10.4 Å². The third-order valence-corrected chi connectivity index (χ3v) is 3.01. The SMILES string of the molecule is N#CCn1cc(CN=[N+]=[N-])c(-c2cccs2)n1. The van der Waals surface area contributed by atoms with Crippen molar-refractivity contribution in [2.24, 2.45) is 5.11 Å². The van der Waals surface area contributed by atoms with Gasteiger partial charge in [-0.3, -0.25) is 4.68 Å². The fraction of sp³-hybridized carbons (Fsp3) is 0.200. The molecular weight excluding hydrogens is 236 g/mol. The molecule has 0 aromatic carbocycles. The molecule has 2 heterocycles. The number of nitriles is 1. The van der Waals surface area contributed by atoms with Gasteiger partial charge in [0.1, 0.15) is 12.2 Å². The molecule has 0 spiro atoms. The average Bonchev–Trinajstić information content (AvgIpc) is 2.95. The van der Waals surface area contributed by atoms with Crippen molar-refractivity contribution in [2.45, 2.75) is 13.1 Å². The molecule has 0 aliphatic rings. The van der Waals surface area contributed by atoms with Crippen LogP contribution in [0.5, 0.6) is 0 Å². The van der Waals surface area contributed by atoms with E-state index < -0.39 is 0 Å². The van der Waals surface area contributed by atoms with Crippen LogP contribution in [0, 0.1) is 11.3 Å². The topological polar surface area (TPSA) is 90.4 Å². The van der Waals surface area contributed by atoms with Gasteiger partial charge in [0.25, 0.3) is 0 Å². The van der Waals surface area contributed by atoms with Crippen LogP contribution >= 0.6 is 11.3 Å². The Morgan fingerprint density at radius 1 is 1.65 bits per heavy atom. The van der Waals surface area contributed by atoms with E-state index in [2.05, 4.69) is 15.1 Å². The molecular formula is C10H8N6S. The summed E-state index contributed by atoms with van der Waals surface area (Å²) in [6, 6.07) is 5.91. The molecule has 0 aliphatic carbocycles. The van der Waals surface area contributed by atoms with Crippen LogP contribution in [0.25, 0.3) is 21.0 Å². The van der Waals surface area contributed by atoms with Crippen LogP contribution in [-0.2, 0) is 13.1 Å². The van der Waals surface area contributed by atoms with Crippen LogP contribution in [-0.4, -0.2) is 9.78 Å². The Morgan fingerprint density at radius 3 is 3.18 bits per heavy atom. The fourth-order valence-electron chi connectivity index (χ4n) is 1.46. The van der Waals surface area contributed by atoms with Gasteiger partial charge in [0, 0.05) is 16.7 Å². The minimum atomic E-state index is 0.189. The van der Waals surface area contributed by atoms with Crippen LogP contribution in [0.3, 0.4) is 0 Å². The Kier molecular flexibility index (Phi) is 3.40. The summed E-state index contributed by atoms with van der Waals surface area (Å²) >= 11 is 1.56. The Balaban J connectivity index is 2.41. The molecule has 7 heteroatoms. The van der Waals surface area contributed by atoms with Crippen molar-refractivity contribution in [3.63, 3.8) is 0 Å². The molecule has 0 N–H and O–H groups in total. The minimum absolute atomic E-state index is 0.189. The second-order valence-corrected chi connectivity index (χ2v) is 4.17. The normalized spacial score (nSPS) is 9.59. The van der Waals surface area contributed by atoms with E-state index in [-0.39, 0.29) is 13.1 Å². The van der Waals surface area contributed by atoms with Crippen molar-refractivity contribution in [3.05, 3.63) is 39.7 Å². The highest BCUT2D eigenvalue weighted by atomic mass is 32.1. The molecule has 0 aliphatic heterocycles. The first-order valence-electron chi connectivity index (χ1n) is 4.83. The highest BCUT2D eigenvalue weighted by Crippen LogP contribution is 2.27. The van der Waals surface area contributed by atoms with Crippen molar-refractivity contribution in [1.82, 2.24) is 9.78 Å². The highest BCUT2D eigenvalue weighted by Gasteiger charge is 2.11. The zero-order valence-corrected chi connectivity index (χ0v) is 9.63. The number of hydrogen-bond acceptors (Lipinski definition) is 4. The van der Waals surface area contributed by atoms with Crippen LogP contribution < -0.4 is 0 Å². The van der Waals surface area contributed by atoms with Crippen molar-refractivity contribution >= 4 is 11.3 Å². The van der Waals surface area contributed by atoms with Crippen LogP contribution in [0.1, 0.15) is 5.56 Å². The number of thiophene rings is 1. The summed E-state index contributed by atoms with van der Waals surface area (Å²) in [6.45, 7) is 0.434. The van der Waals surface area contributed by atoms with E-state index in [0.29, 0.717) is 0 Å². The van der Waals surface area contributed by atoms with Gasteiger partial charge in [0.15, 0.2) is 0 Å². The molecule has 6 nitrogen and oxygen atoms in total. The number of hydrogen-bond donors (Lipinski definition) is 0. The molecule has 0 atom stereocenters. The summed E-state index contributed by atoms with van der Waals surface area (Å²) in [6.07, 6.45) is 1.74. The molecule has 2 aromatic rings. The van der Waals surface area contributed by atoms with Gasteiger partial charge in [-0.15, -0.1) is 11.3 Å². The zero-order chi connectivity index (χ0) is 12.1. The molecule has 0 unspecified atom stereocenters. The molecule has 0 fully saturated rings. The zero-order valence-electron chi connectivity index (χ0n) is 8.82. The average molecular weight is 244 g/mol. The summed E-state index contributed by atoms with van der Waals surface area (Å²) in [5.41, 5.74) is 9.95. The molecule has 0 amide bonds. The van der Waals surface area contributed by atoms with Crippen molar-refractivity contribution < 1.29 is 0 Å². The van der Waals surface area contributed by atoms with Crippen LogP contribution in [0.4, 0.5) is 0 Å². The van der Waals surface area contributed by atoms with Gasteiger partial charge in [-0.05, 0) is 17.0 Å². The van der Waals surface area contributed by atoms with Gasteiger partial charge >= 0.3 is 0 Å². The molecule has 2 rings (SSSR count). The van der Waals surface area contributed by atoms with E-state index >= 15 is 0 Å². The number of aromatic nitrogens is 2. The monoisotopic (exact) mass is 244 g/mol. The third-order valence-electron chi connectivity index (χ3n) is 2.13. The maximum absolute atomic E-state index is 8.64. The molecule has 0 radical (unpaired) electrons. The lowest BCUT2D eigenvalue weighted by atomic mass is 10.2. The number of rotatable bonds is 4. The summed E-state index contributed by atoms with van der Waals surface area (Å²) in [4.78, 5) is 3.74. The van der Waals surface area contributed by atoms with Crippen molar-refractivity contribution in [2.75, 3.05) is 0 Å². The first-order chi connectivity index (χ1) is 8.35. The van der Waals surface area contributed by atoms with E-state index in [1.807, 2.05) is 23.6 Å². The summed E-state index contributed by atoms with van der Waals surface area (Å²) in [7, 11) is 0. The molecule has 0 saturated heterocycles. The van der Waals surface area contributed by atoms with Gasteiger partial charge in [-0.25, -0.2) is 0 Å². The predicted octanol–water partition coefficient (Wildman–Crippen LogP) is 2.95. The largest absolute Gasteiger partial charge is 0.258 e. The van der Waals surface area contributed by atoms with Gasteiger partial charge in [0.05, 0.1) is 17.5 Å². The quantitative estimate of drug-likeness (QED) is 0.470. The molecule has 2 aromatic heterocycles. The summed E-state index contributed by atoms with van der Waals surface area (Å²) < 4.78 is 1.55. The Hall–Kier alpha value is -2.29. The van der Waals surface area contributed by atoms with Crippen molar-refractivity contribution in [3.8, 4) is 16.6 Å². The number of azide groups is 1. The van der Waals surface area contributed by atoms with Gasteiger partial charge < -0.3 is 0 Å². The lowest BCUT2D eigenvalue weighted by molar-refractivity contribution is 0.711. The number of nitrogens with zero attached hydrogens (tertiary/aromatic N) is 6. The van der Waals surface area contributed by atoms with E-state index in [9.17, 15) is 0 Å². The highest BCUT2D eigenvalue weighted by molar-refractivity contribution is 7.13. The standard InChI is InChI=1S/C10H8N6S/c11-3-4-16-7-8(6-13-15-12)10(14-16)9-2-1-5-17-9/h1-2,5,7H,4,6H2. The van der Waals surface area contributed by atoms with E-state index in [1.54, 1.807) is 22.2 Å². The first-order valence-corrected chi connectivity index (χ1v) is 5.71. The van der Waals surface area contributed by atoms with Crippen molar-refractivity contribution in [1.29, 1.82) is 5.26 Å². The lowest BCUT2D eigenvalue weighted by Gasteiger charge is -1.93. The molecule has 0 saturated carbocycles. The second-order valence-electron chi connectivity index (χ2n) is 3.22. The second kappa shape index (κ2) is 5.16. The van der Waals surface area contributed by atoms with Gasteiger partial charge in [-0.1, -0.05) is 11.2 Å². The fourth-order valence-corrected chi connectivity index (χ4v) is 2.20. The Bertz CT molecular complexity index is 585. The van der Waals surface area contributed by atoms with Crippen LogP contribution in [0.15, 0.2) is 28.8 Å². The maximum atomic E-state index is 8.64. The minimum Gasteiger partial charge on any atom is -0.258 e. The molecule has 84 valence electrons. The molecule has 17 heavy (non-hydrogen) atoms. The predicted molar refractivity (Wildman–Crippen MR) is 64.0 cm³/mol. The van der Waals surface area contributed by atoms with E-state index in [4.69, 9.17) is 10.8 Å². The summed E-state index contributed by atoms with van der Waals surface area (Å²) in [5, 5.41) is 18.4. The lowest BCUT2D eigenvalue weighted by Crippen LogP contribution is -1.95. The maximum Gasteiger partial charge on any atom is 0.128 e.